The highest BCUT2D eigenvalue weighted by Gasteiger charge is 2.31. The number of nitrogens with zero attached hydrogens (tertiary/aromatic N) is 4. The second-order valence-electron chi connectivity index (χ2n) is 13.5. The lowest BCUT2D eigenvalue weighted by Crippen LogP contribution is -2.20. The normalized spacial score (nSPS) is 12.3. The van der Waals surface area contributed by atoms with Crippen LogP contribution in [0.1, 0.15) is 0 Å². The van der Waals surface area contributed by atoms with Gasteiger partial charge in [-0.05, 0) is 96.1 Å². The van der Waals surface area contributed by atoms with Crippen molar-refractivity contribution in [2.45, 2.75) is 0 Å². The van der Waals surface area contributed by atoms with E-state index < -0.39 is 0 Å². The molecule has 52 heavy (non-hydrogen) atoms. The fourth-order valence-electron chi connectivity index (χ4n) is 8.26. The first-order valence-electron chi connectivity index (χ1n) is 17.8. The lowest BCUT2D eigenvalue weighted by molar-refractivity contribution is 1.18. The summed E-state index contributed by atoms with van der Waals surface area (Å²) in [5.41, 5.74) is 16.6. The number of fused-ring (bicyclic) bond motifs is 4. The largest absolute Gasteiger partial charge is 0.344 e. The first-order valence-corrected chi connectivity index (χ1v) is 17.8. The van der Waals surface area contributed by atoms with E-state index in [2.05, 4.69) is 216 Å². The molecule has 2 heterocycles. The Bertz CT molecular complexity index is 2340. The minimum atomic E-state index is 1.13. The summed E-state index contributed by atoms with van der Waals surface area (Å²) in [6.45, 7) is 0. The van der Waals surface area contributed by atoms with Crippen LogP contribution < -0.4 is 19.6 Å². The SMILES string of the molecule is CN1c2cc(N(c3ccccc3)c3ccccc3)ccc2-c2ccc3c4c(ccc1c24)N(C)c1cc(N(c2ccccc2)c2ccccc2)ccc1-3. The van der Waals surface area contributed by atoms with Gasteiger partial charge in [0.25, 0.3) is 0 Å². The molecule has 0 N–H and O–H groups in total. The maximum absolute atomic E-state index is 2.37. The Labute approximate surface area is 304 Å². The Hall–Kier alpha value is -6.78. The van der Waals surface area contributed by atoms with Crippen LogP contribution in [-0.4, -0.2) is 14.1 Å². The molecular formula is C48H36N4. The Morgan fingerprint density at radius 1 is 0.288 bits per heavy atom. The average Bonchev–Trinajstić information content (AvgIpc) is 3.21. The average molecular weight is 669 g/mol. The fraction of sp³-hybridized carbons (Fsp3) is 0.0417. The molecule has 0 radical (unpaired) electrons. The Morgan fingerprint density at radius 3 is 0.923 bits per heavy atom. The third kappa shape index (κ3) is 4.61. The molecule has 248 valence electrons. The number of anilines is 10. The highest BCUT2D eigenvalue weighted by Crippen LogP contribution is 2.56. The van der Waals surface area contributed by atoms with E-state index in [1.807, 2.05) is 0 Å². The number of rotatable bonds is 6. The molecule has 0 fully saturated rings. The van der Waals surface area contributed by atoms with E-state index in [-0.39, 0.29) is 0 Å². The fourth-order valence-corrected chi connectivity index (χ4v) is 8.26. The van der Waals surface area contributed by atoms with Gasteiger partial charge in [-0.1, -0.05) is 97.1 Å². The maximum atomic E-state index is 2.37. The minimum absolute atomic E-state index is 1.13. The Balaban J connectivity index is 1.11. The summed E-state index contributed by atoms with van der Waals surface area (Å²) < 4.78 is 0. The predicted molar refractivity (Wildman–Crippen MR) is 220 cm³/mol. The van der Waals surface area contributed by atoms with E-state index in [9.17, 15) is 0 Å². The topological polar surface area (TPSA) is 13.0 Å². The van der Waals surface area contributed by atoms with Crippen molar-refractivity contribution in [1.82, 2.24) is 0 Å². The monoisotopic (exact) mass is 668 g/mol. The van der Waals surface area contributed by atoms with Gasteiger partial charge in [0, 0.05) is 81.5 Å². The van der Waals surface area contributed by atoms with Gasteiger partial charge in [0.05, 0.1) is 11.4 Å². The summed E-state index contributed by atoms with van der Waals surface area (Å²) in [4.78, 5) is 9.42. The molecule has 8 aromatic rings. The van der Waals surface area contributed by atoms with E-state index in [0.29, 0.717) is 0 Å². The zero-order valence-electron chi connectivity index (χ0n) is 29.1. The molecule has 0 amide bonds. The first kappa shape index (κ1) is 30.1. The van der Waals surface area contributed by atoms with Crippen LogP contribution in [0.4, 0.5) is 56.9 Å². The molecule has 10 rings (SSSR count). The van der Waals surface area contributed by atoms with Crippen LogP contribution in [0.3, 0.4) is 0 Å². The van der Waals surface area contributed by atoms with E-state index in [4.69, 9.17) is 0 Å². The van der Waals surface area contributed by atoms with Crippen molar-refractivity contribution >= 4 is 67.6 Å². The van der Waals surface area contributed by atoms with E-state index in [1.165, 1.54) is 55.8 Å². The molecule has 0 bridgehead atoms. The number of para-hydroxylation sites is 4. The molecule has 0 aromatic heterocycles. The Kier molecular flexibility index (Phi) is 6.90. The lowest BCUT2D eigenvalue weighted by atomic mass is 9.84. The van der Waals surface area contributed by atoms with Crippen LogP contribution in [0.15, 0.2) is 182 Å². The van der Waals surface area contributed by atoms with Gasteiger partial charge < -0.3 is 19.6 Å². The van der Waals surface area contributed by atoms with Crippen LogP contribution in [0, 0.1) is 0 Å². The van der Waals surface area contributed by atoms with Gasteiger partial charge in [0.2, 0.25) is 0 Å². The van der Waals surface area contributed by atoms with E-state index >= 15 is 0 Å². The molecule has 2 aliphatic rings. The summed E-state index contributed by atoms with van der Waals surface area (Å²) in [6.07, 6.45) is 0. The van der Waals surface area contributed by atoms with E-state index in [1.54, 1.807) is 0 Å². The number of hydrogen-bond donors (Lipinski definition) is 0. The molecule has 0 unspecified atom stereocenters. The van der Waals surface area contributed by atoms with Crippen molar-refractivity contribution in [3.8, 4) is 22.3 Å². The van der Waals surface area contributed by atoms with Gasteiger partial charge in [-0.2, -0.15) is 0 Å². The quantitative estimate of drug-likeness (QED) is 0.175. The number of hydrogen-bond acceptors (Lipinski definition) is 4. The van der Waals surface area contributed by atoms with Crippen molar-refractivity contribution < 1.29 is 0 Å². The predicted octanol–water partition coefficient (Wildman–Crippen LogP) is 13.3. The molecule has 0 saturated heterocycles. The first-order chi connectivity index (χ1) is 25.7. The van der Waals surface area contributed by atoms with Crippen LogP contribution in [0.25, 0.3) is 33.0 Å². The zero-order chi connectivity index (χ0) is 34.8. The van der Waals surface area contributed by atoms with Crippen molar-refractivity contribution in [2.24, 2.45) is 0 Å². The van der Waals surface area contributed by atoms with Crippen LogP contribution >= 0.6 is 0 Å². The zero-order valence-corrected chi connectivity index (χ0v) is 29.1. The summed E-state index contributed by atoms with van der Waals surface area (Å²) in [7, 11) is 4.42. The van der Waals surface area contributed by atoms with Crippen molar-refractivity contribution in [3.05, 3.63) is 182 Å². The molecule has 4 nitrogen and oxygen atoms in total. The second kappa shape index (κ2) is 11.9. The summed E-state index contributed by atoms with van der Waals surface area (Å²) in [5.74, 6) is 0. The van der Waals surface area contributed by atoms with Gasteiger partial charge in [0.1, 0.15) is 0 Å². The standard InChI is InChI=1S/C48H36N4/c1-49-43-29-30-44-48-42(40-26-24-38(32-46(40)50(44)2)52(35-19-11-5-12-20-35)36-21-13-6-14-22-36)28-27-41(47(43)48)39-25-23-37(31-45(39)49)51(33-15-7-3-8-16-33)34-17-9-4-10-18-34/h3-32H,1-2H3. The van der Waals surface area contributed by atoms with Crippen molar-refractivity contribution in [3.63, 3.8) is 0 Å². The summed E-state index contributed by atoms with van der Waals surface area (Å²) in [6, 6.07) is 65.6. The summed E-state index contributed by atoms with van der Waals surface area (Å²) in [5, 5.41) is 2.61. The van der Waals surface area contributed by atoms with Gasteiger partial charge in [-0.15, -0.1) is 0 Å². The molecule has 2 aliphatic heterocycles. The number of benzene rings is 8. The van der Waals surface area contributed by atoms with Crippen LogP contribution in [0.5, 0.6) is 0 Å². The minimum Gasteiger partial charge on any atom is -0.344 e. The molecule has 0 atom stereocenters. The molecule has 0 saturated carbocycles. The van der Waals surface area contributed by atoms with Crippen LogP contribution in [0.2, 0.25) is 0 Å². The van der Waals surface area contributed by atoms with Crippen LogP contribution in [-0.2, 0) is 0 Å². The maximum Gasteiger partial charge on any atom is 0.0509 e. The smallest absolute Gasteiger partial charge is 0.0509 e. The Morgan fingerprint density at radius 2 is 0.596 bits per heavy atom. The van der Waals surface area contributed by atoms with E-state index in [0.717, 1.165) is 34.1 Å². The van der Waals surface area contributed by atoms with Gasteiger partial charge >= 0.3 is 0 Å². The van der Waals surface area contributed by atoms with Crippen molar-refractivity contribution in [2.75, 3.05) is 33.7 Å². The lowest BCUT2D eigenvalue weighted by Gasteiger charge is -2.37. The molecule has 0 aliphatic carbocycles. The molecular weight excluding hydrogens is 633 g/mol. The molecule has 8 aromatic carbocycles. The van der Waals surface area contributed by atoms with Gasteiger partial charge in [0.15, 0.2) is 0 Å². The van der Waals surface area contributed by atoms with Gasteiger partial charge in [-0.25, -0.2) is 0 Å². The summed E-state index contributed by atoms with van der Waals surface area (Å²) >= 11 is 0. The highest BCUT2D eigenvalue weighted by atomic mass is 15.2. The van der Waals surface area contributed by atoms with Gasteiger partial charge in [-0.3, -0.25) is 0 Å². The van der Waals surface area contributed by atoms with Crippen molar-refractivity contribution in [1.29, 1.82) is 0 Å². The third-order valence-electron chi connectivity index (χ3n) is 10.7. The second-order valence-corrected chi connectivity index (χ2v) is 13.5. The molecule has 0 spiro atoms. The third-order valence-corrected chi connectivity index (χ3v) is 10.7. The molecule has 4 heteroatoms. The highest BCUT2D eigenvalue weighted by molar-refractivity contribution is 6.23.